The molecule has 1 unspecified atom stereocenters. The number of nitrogens with one attached hydrogen (secondary N) is 1. The van der Waals surface area contributed by atoms with Gasteiger partial charge in [-0.15, -0.1) is 0 Å². The van der Waals surface area contributed by atoms with Crippen LogP contribution < -0.4 is 11.1 Å². The lowest BCUT2D eigenvalue weighted by Gasteiger charge is -2.08. The number of hydrogen-bond acceptors (Lipinski definition) is 3. The quantitative estimate of drug-likeness (QED) is 0.654. The second-order valence-corrected chi connectivity index (χ2v) is 3.27. The van der Waals surface area contributed by atoms with Gasteiger partial charge in [0.15, 0.2) is 6.04 Å². The molecule has 0 heterocycles. The number of carboxylic acid groups (broad SMARTS) is 1. The van der Waals surface area contributed by atoms with E-state index >= 15 is 0 Å². The number of halogens is 1. The second-order valence-electron chi connectivity index (χ2n) is 3.27. The molecule has 4 N–H and O–H groups in total. The molecule has 1 aromatic rings. The third kappa shape index (κ3) is 2.77. The molecule has 86 valence electrons. The molecule has 0 aliphatic heterocycles. The monoisotopic (exact) mass is 226 g/mol. The molecule has 1 aromatic carbocycles. The number of amides is 1. The predicted molar refractivity (Wildman–Crippen MR) is 55.4 cm³/mol. The van der Waals surface area contributed by atoms with Gasteiger partial charge in [-0.25, -0.2) is 9.18 Å². The number of anilines is 1. The number of aliphatic carboxylic acids is 1. The van der Waals surface area contributed by atoms with Gasteiger partial charge in [-0.3, -0.25) is 4.79 Å². The summed E-state index contributed by atoms with van der Waals surface area (Å²) in [5, 5.41) is 10.8. The van der Waals surface area contributed by atoms with Crippen molar-refractivity contribution < 1.29 is 19.1 Å². The minimum Gasteiger partial charge on any atom is -0.480 e. The largest absolute Gasteiger partial charge is 0.480 e. The molecule has 1 rings (SSSR count). The van der Waals surface area contributed by atoms with Crippen LogP contribution in [-0.2, 0) is 9.59 Å². The van der Waals surface area contributed by atoms with Crippen LogP contribution in [0, 0.1) is 12.7 Å². The van der Waals surface area contributed by atoms with Crippen molar-refractivity contribution in [3.8, 4) is 0 Å². The molecule has 0 spiro atoms. The van der Waals surface area contributed by atoms with E-state index < -0.39 is 23.7 Å². The highest BCUT2D eigenvalue weighted by atomic mass is 19.1. The summed E-state index contributed by atoms with van der Waals surface area (Å²) < 4.78 is 12.9. The second kappa shape index (κ2) is 4.71. The number of hydrogen-bond donors (Lipinski definition) is 3. The Morgan fingerprint density at radius 3 is 2.62 bits per heavy atom. The van der Waals surface area contributed by atoms with E-state index in [0.29, 0.717) is 11.3 Å². The van der Waals surface area contributed by atoms with Crippen LogP contribution in [0.2, 0.25) is 0 Å². The topological polar surface area (TPSA) is 92.4 Å². The fourth-order valence-corrected chi connectivity index (χ4v) is 1.05. The molecule has 0 saturated carbocycles. The molecule has 0 aromatic heterocycles. The standard InChI is InChI=1S/C10H11FN2O3/c1-5-4-6(2-3-7(5)11)13-9(14)8(12)10(15)16/h2-4,8H,12H2,1H3,(H,13,14)(H,15,16). The third-order valence-electron chi connectivity index (χ3n) is 1.97. The molecule has 16 heavy (non-hydrogen) atoms. The van der Waals surface area contributed by atoms with E-state index in [1.807, 2.05) is 0 Å². The lowest BCUT2D eigenvalue weighted by molar-refractivity contribution is -0.141. The van der Waals surface area contributed by atoms with Crippen molar-refractivity contribution in [2.24, 2.45) is 5.73 Å². The van der Waals surface area contributed by atoms with Gasteiger partial charge in [0.25, 0.3) is 5.91 Å². The molecular weight excluding hydrogens is 215 g/mol. The van der Waals surface area contributed by atoms with E-state index in [4.69, 9.17) is 10.8 Å². The van der Waals surface area contributed by atoms with Crippen LogP contribution >= 0.6 is 0 Å². The van der Waals surface area contributed by atoms with Gasteiger partial charge in [0.2, 0.25) is 0 Å². The van der Waals surface area contributed by atoms with Crippen molar-refractivity contribution in [2.75, 3.05) is 5.32 Å². The van der Waals surface area contributed by atoms with Gasteiger partial charge in [-0.2, -0.15) is 0 Å². The van der Waals surface area contributed by atoms with Crippen LogP contribution in [0.15, 0.2) is 18.2 Å². The van der Waals surface area contributed by atoms with Crippen LogP contribution in [0.3, 0.4) is 0 Å². The van der Waals surface area contributed by atoms with Gasteiger partial charge >= 0.3 is 5.97 Å². The predicted octanol–water partition coefficient (Wildman–Crippen LogP) is 0.485. The highest BCUT2D eigenvalue weighted by Gasteiger charge is 2.21. The number of carbonyl (C=O) groups excluding carboxylic acids is 1. The fourth-order valence-electron chi connectivity index (χ4n) is 1.05. The Balaban J connectivity index is 2.77. The first-order valence-corrected chi connectivity index (χ1v) is 4.47. The Bertz CT molecular complexity index is 434. The van der Waals surface area contributed by atoms with E-state index in [0.717, 1.165) is 0 Å². The average molecular weight is 226 g/mol. The summed E-state index contributed by atoms with van der Waals surface area (Å²) in [4.78, 5) is 21.6. The van der Waals surface area contributed by atoms with Gasteiger partial charge in [0.1, 0.15) is 5.82 Å². The van der Waals surface area contributed by atoms with Crippen molar-refractivity contribution in [1.82, 2.24) is 0 Å². The maximum Gasteiger partial charge on any atom is 0.330 e. The molecule has 0 aliphatic rings. The van der Waals surface area contributed by atoms with E-state index in [2.05, 4.69) is 5.32 Å². The minimum atomic E-state index is -1.63. The van der Waals surface area contributed by atoms with Gasteiger partial charge in [-0.05, 0) is 30.7 Å². The fraction of sp³-hybridized carbons (Fsp3) is 0.200. The molecule has 5 nitrogen and oxygen atoms in total. The van der Waals surface area contributed by atoms with Crippen LogP contribution in [0.5, 0.6) is 0 Å². The van der Waals surface area contributed by atoms with Crippen molar-refractivity contribution >= 4 is 17.6 Å². The zero-order valence-electron chi connectivity index (χ0n) is 8.53. The van der Waals surface area contributed by atoms with E-state index in [9.17, 15) is 14.0 Å². The third-order valence-corrected chi connectivity index (χ3v) is 1.97. The summed E-state index contributed by atoms with van der Waals surface area (Å²) >= 11 is 0. The molecule has 0 bridgehead atoms. The van der Waals surface area contributed by atoms with E-state index in [1.165, 1.54) is 25.1 Å². The van der Waals surface area contributed by atoms with E-state index in [-0.39, 0.29) is 0 Å². The number of nitrogens with two attached hydrogens (primary N) is 1. The summed E-state index contributed by atoms with van der Waals surface area (Å²) in [6.45, 7) is 1.53. The smallest absolute Gasteiger partial charge is 0.330 e. The summed E-state index contributed by atoms with van der Waals surface area (Å²) in [5.74, 6) is -2.67. The first-order valence-electron chi connectivity index (χ1n) is 4.47. The molecule has 1 amide bonds. The van der Waals surface area contributed by atoms with E-state index in [1.54, 1.807) is 0 Å². The molecule has 0 radical (unpaired) electrons. The SMILES string of the molecule is Cc1cc(NC(=O)C(N)C(=O)O)ccc1F. The molecule has 0 saturated heterocycles. The Morgan fingerprint density at radius 1 is 1.50 bits per heavy atom. The molecule has 0 fully saturated rings. The van der Waals surface area contributed by atoms with Crippen LogP contribution in [0.4, 0.5) is 10.1 Å². The van der Waals surface area contributed by atoms with Gasteiger partial charge < -0.3 is 16.2 Å². The maximum absolute atomic E-state index is 12.9. The Labute approximate surface area is 91.1 Å². The van der Waals surface area contributed by atoms with Crippen LogP contribution in [0.25, 0.3) is 0 Å². The summed E-state index contributed by atoms with van der Waals surface area (Å²) in [5.41, 5.74) is 5.75. The first-order chi connectivity index (χ1) is 7.41. The number of carboxylic acids is 1. The number of rotatable bonds is 3. The Morgan fingerprint density at radius 2 is 2.12 bits per heavy atom. The van der Waals surface area contributed by atoms with Crippen molar-refractivity contribution in [3.05, 3.63) is 29.6 Å². The summed E-state index contributed by atoms with van der Waals surface area (Å²) in [6.07, 6.45) is 0. The highest BCUT2D eigenvalue weighted by Crippen LogP contribution is 2.13. The molecule has 1 atom stereocenters. The van der Waals surface area contributed by atoms with Crippen LogP contribution in [-0.4, -0.2) is 23.0 Å². The molecule has 6 heteroatoms. The normalized spacial score (nSPS) is 11.9. The van der Waals surface area contributed by atoms with Gasteiger partial charge in [0, 0.05) is 5.69 Å². The summed E-state index contributed by atoms with van der Waals surface area (Å²) in [7, 11) is 0. The zero-order valence-corrected chi connectivity index (χ0v) is 8.53. The number of benzene rings is 1. The lowest BCUT2D eigenvalue weighted by Crippen LogP contribution is -2.42. The lowest BCUT2D eigenvalue weighted by atomic mass is 10.2. The zero-order chi connectivity index (χ0) is 12.3. The molecular formula is C10H11FN2O3. The summed E-state index contributed by atoms with van der Waals surface area (Å²) in [6, 6.07) is 2.26. The van der Waals surface area contributed by atoms with Crippen molar-refractivity contribution in [1.29, 1.82) is 0 Å². The van der Waals surface area contributed by atoms with Gasteiger partial charge in [-0.1, -0.05) is 0 Å². The van der Waals surface area contributed by atoms with Crippen molar-refractivity contribution in [3.63, 3.8) is 0 Å². The average Bonchev–Trinajstić information content (AvgIpc) is 2.22. The maximum atomic E-state index is 12.9. The Hall–Kier alpha value is -1.95. The first kappa shape index (κ1) is 12.1. The number of aryl methyl sites for hydroxylation is 1. The highest BCUT2D eigenvalue weighted by molar-refractivity contribution is 6.07. The van der Waals surface area contributed by atoms with Crippen molar-refractivity contribution in [2.45, 2.75) is 13.0 Å². The van der Waals surface area contributed by atoms with Crippen LogP contribution in [0.1, 0.15) is 5.56 Å². The number of carbonyl (C=O) groups is 2. The Kier molecular flexibility index (Phi) is 3.57. The molecule has 0 aliphatic carbocycles. The van der Waals surface area contributed by atoms with Gasteiger partial charge in [0.05, 0.1) is 0 Å². The minimum absolute atomic E-state index is 0.306.